The first-order valence-electron chi connectivity index (χ1n) is 6.48. The van der Waals surface area contributed by atoms with Crippen molar-refractivity contribution in [3.8, 4) is 0 Å². The first-order chi connectivity index (χ1) is 8.98. The van der Waals surface area contributed by atoms with E-state index in [-0.39, 0.29) is 0 Å². The highest BCUT2D eigenvalue weighted by molar-refractivity contribution is 9.11. The molecule has 0 aromatic carbocycles. The predicted molar refractivity (Wildman–Crippen MR) is 80.1 cm³/mol. The standard InChI is InChI=1S/C12H17BrN2O2S2/c1-9-11(7-12(13)18-9)19(16,17)15-6-5-14-4-2-3-10(14)8-15/h7,10H,2-6,8H2,1H3. The number of piperazine rings is 1. The van der Waals surface area contributed by atoms with Gasteiger partial charge >= 0.3 is 0 Å². The summed E-state index contributed by atoms with van der Waals surface area (Å²) in [7, 11) is -3.32. The van der Waals surface area contributed by atoms with Gasteiger partial charge < -0.3 is 0 Å². The summed E-state index contributed by atoms with van der Waals surface area (Å²) >= 11 is 4.85. The quantitative estimate of drug-likeness (QED) is 0.808. The van der Waals surface area contributed by atoms with Crippen LogP contribution in [0.1, 0.15) is 17.7 Å². The summed E-state index contributed by atoms with van der Waals surface area (Å²) in [6.45, 7) is 5.13. The lowest BCUT2D eigenvalue weighted by Crippen LogP contribution is -2.51. The van der Waals surface area contributed by atoms with E-state index in [4.69, 9.17) is 0 Å². The molecule has 2 aliphatic rings. The topological polar surface area (TPSA) is 40.6 Å². The van der Waals surface area contributed by atoms with Crippen LogP contribution in [0.25, 0.3) is 0 Å². The third kappa shape index (κ3) is 2.51. The molecule has 2 saturated heterocycles. The van der Waals surface area contributed by atoms with E-state index in [9.17, 15) is 8.42 Å². The Balaban J connectivity index is 1.87. The highest BCUT2D eigenvalue weighted by Gasteiger charge is 2.37. The van der Waals surface area contributed by atoms with Crippen molar-refractivity contribution in [2.24, 2.45) is 0 Å². The molecular formula is C12H17BrN2O2S2. The molecule has 3 heterocycles. The zero-order valence-corrected chi connectivity index (χ0v) is 14.0. The number of nitrogens with zero attached hydrogens (tertiary/aromatic N) is 2. The van der Waals surface area contributed by atoms with Gasteiger partial charge in [0.2, 0.25) is 10.0 Å². The van der Waals surface area contributed by atoms with E-state index < -0.39 is 10.0 Å². The van der Waals surface area contributed by atoms with Gasteiger partial charge in [0.25, 0.3) is 0 Å². The Bertz CT molecular complexity index is 585. The smallest absolute Gasteiger partial charge is 0.244 e. The van der Waals surface area contributed by atoms with E-state index in [0.717, 1.165) is 28.2 Å². The molecule has 106 valence electrons. The SMILES string of the molecule is Cc1sc(Br)cc1S(=O)(=O)N1CCN2CCCC2C1. The van der Waals surface area contributed by atoms with Crippen LogP contribution in [0.3, 0.4) is 0 Å². The van der Waals surface area contributed by atoms with Crippen molar-refractivity contribution in [2.45, 2.75) is 30.7 Å². The Labute approximate surface area is 126 Å². The zero-order chi connectivity index (χ0) is 13.6. The van der Waals surface area contributed by atoms with Crippen molar-refractivity contribution in [1.82, 2.24) is 9.21 Å². The number of sulfonamides is 1. The summed E-state index contributed by atoms with van der Waals surface area (Å²) in [4.78, 5) is 3.75. The lowest BCUT2D eigenvalue weighted by molar-refractivity contribution is 0.158. The number of thiophene rings is 1. The second-order valence-corrected chi connectivity index (χ2v) is 9.71. The average molecular weight is 365 g/mol. The predicted octanol–water partition coefficient (Wildman–Crippen LogP) is 2.29. The van der Waals surface area contributed by atoms with Crippen LogP contribution in [0.5, 0.6) is 0 Å². The molecule has 0 saturated carbocycles. The summed E-state index contributed by atoms with van der Waals surface area (Å²) < 4.78 is 28.0. The second-order valence-electron chi connectivity index (χ2n) is 5.17. The maximum atomic E-state index is 12.7. The molecule has 0 amide bonds. The molecule has 0 aliphatic carbocycles. The molecule has 2 aliphatic heterocycles. The van der Waals surface area contributed by atoms with Crippen LogP contribution in [0.4, 0.5) is 0 Å². The summed E-state index contributed by atoms with van der Waals surface area (Å²) in [5.74, 6) is 0. The van der Waals surface area contributed by atoms with E-state index in [1.165, 1.54) is 17.8 Å². The summed E-state index contributed by atoms with van der Waals surface area (Å²) in [5, 5.41) is 0. The van der Waals surface area contributed by atoms with Crippen LogP contribution in [-0.4, -0.2) is 49.8 Å². The largest absolute Gasteiger partial charge is 0.298 e. The van der Waals surface area contributed by atoms with Crippen LogP contribution in [-0.2, 0) is 10.0 Å². The van der Waals surface area contributed by atoms with E-state index in [2.05, 4.69) is 20.8 Å². The molecular weight excluding hydrogens is 348 g/mol. The van der Waals surface area contributed by atoms with E-state index in [0.29, 0.717) is 24.0 Å². The number of hydrogen-bond donors (Lipinski definition) is 0. The van der Waals surface area contributed by atoms with Gasteiger partial charge in [-0.15, -0.1) is 11.3 Å². The Morgan fingerprint density at radius 3 is 2.84 bits per heavy atom. The van der Waals surface area contributed by atoms with E-state index in [1.807, 2.05) is 6.92 Å². The van der Waals surface area contributed by atoms with Crippen LogP contribution in [0.15, 0.2) is 14.7 Å². The van der Waals surface area contributed by atoms with Gasteiger partial charge in [0.15, 0.2) is 0 Å². The van der Waals surface area contributed by atoms with Crippen molar-refractivity contribution in [2.75, 3.05) is 26.2 Å². The van der Waals surface area contributed by atoms with Gasteiger partial charge in [-0.1, -0.05) is 0 Å². The normalized spacial score (nSPS) is 25.7. The molecule has 1 unspecified atom stereocenters. The lowest BCUT2D eigenvalue weighted by atomic mass is 10.2. The number of halogens is 1. The summed E-state index contributed by atoms with van der Waals surface area (Å²) in [6, 6.07) is 2.15. The van der Waals surface area contributed by atoms with Gasteiger partial charge in [0.1, 0.15) is 0 Å². The van der Waals surface area contributed by atoms with Crippen LogP contribution in [0.2, 0.25) is 0 Å². The van der Waals surface area contributed by atoms with Crippen molar-refractivity contribution < 1.29 is 8.42 Å². The molecule has 3 rings (SSSR count). The molecule has 19 heavy (non-hydrogen) atoms. The number of hydrogen-bond acceptors (Lipinski definition) is 4. The maximum Gasteiger partial charge on any atom is 0.244 e. The molecule has 1 atom stereocenters. The number of fused-ring (bicyclic) bond motifs is 1. The minimum Gasteiger partial charge on any atom is -0.298 e. The van der Waals surface area contributed by atoms with Crippen molar-refractivity contribution in [3.05, 3.63) is 14.7 Å². The summed E-state index contributed by atoms with van der Waals surface area (Å²) in [6.07, 6.45) is 2.32. The van der Waals surface area contributed by atoms with Crippen LogP contribution in [0, 0.1) is 6.92 Å². The highest BCUT2D eigenvalue weighted by atomic mass is 79.9. The minimum absolute atomic E-state index is 0.422. The maximum absolute atomic E-state index is 12.7. The molecule has 1 aromatic heterocycles. The highest BCUT2D eigenvalue weighted by Crippen LogP contribution is 2.33. The first kappa shape index (κ1) is 14.0. The van der Waals surface area contributed by atoms with Gasteiger partial charge in [-0.05, 0) is 48.3 Å². The van der Waals surface area contributed by atoms with Gasteiger partial charge in [0.05, 0.1) is 8.68 Å². The molecule has 4 nitrogen and oxygen atoms in total. The fraction of sp³-hybridized carbons (Fsp3) is 0.667. The number of rotatable bonds is 2. The van der Waals surface area contributed by atoms with Crippen LogP contribution < -0.4 is 0 Å². The fourth-order valence-electron chi connectivity index (χ4n) is 3.01. The number of aryl methyl sites for hydroxylation is 1. The van der Waals surface area contributed by atoms with Crippen LogP contribution >= 0.6 is 27.3 Å². The Morgan fingerprint density at radius 2 is 2.16 bits per heavy atom. The molecule has 1 aromatic rings. The second kappa shape index (κ2) is 5.11. The molecule has 0 radical (unpaired) electrons. The van der Waals surface area contributed by atoms with Crippen molar-refractivity contribution in [3.63, 3.8) is 0 Å². The minimum atomic E-state index is -3.32. The van der Waals surface area contributed by atoms with Gasteiger partial charge in [0, 0.05) is 30.6 Å². The molecule has 2 fully saturated rings. The van der Waals surface area contributed by atoms with Crippen molar-refractivity contribution in [1.29, 1.82) is 0 Å². The first-order valence-corrected chi connectivity index (χ1v) is 9.53. The molecule has 7 heteroatoms. The molecule has 0 spiro atoms. The zero-order valence-electron chi connectivity index (χ0n) is 10.8. The molecule has 0 bridgehead atoms. The van der Waals surface area contributed by atoms with Gasteiger partial charge in [-0.25, -0.2) is 8.42 Å². The van der Waals surface area contributed by atoms with Gasteiger partial charge in [-0.3, -0.25) is 4.90 Å². The summed E-state index contributed by atoms with van der Waals surface area (Å²) in [5.41, 5.74) is 0. The van der Waals surface area contributed by atoms with Crippen molar-refractivity contribution >= 4 is 37.3 Å². The third-order valence-corrected chi connectivity index (χ3v) is 7.68. The molecule has 0 N–H and O–H groups in total. The Hall–Kier alpha value is 0.0500. The lowest BCUT2D eigenvalue weighted by Gasteiger charge is -2.36. The van der Waals surface area contributed by atoms with E-state index in [1.54, 1.807) is 10.4 Å². The van der Waals surface area contributed by atoms with E-state index >= 15 is 0 Å². The Kier molecular flexibility index (Phi) is 3.77. The monoisotopic (exact) mass is 364 g/mol. The van der Waals surface area contributed by atoms with Gasteiger partial charge in [-0.2, -0.15) is 4.31 Å². The Morgan fingerprint density at radius 1 is 1.37 bits per heavy atom. The fourth-order valence-corrected chi connectivity index (χ4v) is 6.86. The third-order valence-electron chi connectivity index (χ3n) is 4.01. The average Bonchev–Trinajstić information content (AvgIpc) is 2.94.